The number of aromatic nitrogens is 3. The molecule has 4 heteroatoms. The van der Waals surface area contributed by atoms with Crippen molar-refractivity contribution >= 4 is 0 Å². The molecule has 0 aliphatic heterocycles. The molecule has 4 nitrogen and oxygen atoms in total. The van der Waals surface area contributed by atoms with Crippen LogP contribution >= 0.6 is 0 Å². The topological polar surface area (TPSA) is 56.7 Å². The third-order valence-corrected chi connectivity index (χ3v) is 2.80. The summed E-state index contributed by atoms with van der Waals surface area (Å²) in [7, 11) is 2.03. The Morgan fingerprint density at radius 1 is 1.31 bits per heavy atom. The summed E-state index contributed by atoms with van der Waals surface area (Å²) in [5, 5.41) is 0. The van der Waals surface area contributed by atoms with Gasteiger partial charge in [-0.2, -0.15) is 0 Å². The van der Waals surface area contributed by atoms with Crippen LogP contribution in [0.25, 0.3) is 11.4 Å². The predicted molar refractivity (Wildman–Crippen MR) is 63.9 cm³/mol. The number of pyridine rings is 1. The monoisotopic (exact) mass is 216 g/mol. The summed E-state index contributed by atoms with van der Waals surface area (Å²) < 4.78 is 2.10. The van der Waals surface area contributed by atoms with E-state index in [1.807, 2.05) is 19.2 Å². The highest BCUT2D eigenvalue weighted by atomic mass is 15.1. The Hall–Kier alpha value is -1.68. The lowest BCUT2D eigenvalue weighted by molar-refractivity contribution is 0.865. The van der Waals surface area contributed by atoms with Gasteiger partial charge >= 0.3 is 0 Å². The summed E-state index contributed by atoms with van der Waals surface area (Å²) in [5.74, 6) is 0.975. The molecule has 0 radical (unpaired) electrons. The van der Waals surface area contributed by atoms with E-state index in [1.54, 1.807) is 12.4 Å². The van der Waals surface area contributed by atoms with Gasteiger partial charge in [0.05, 0.1) is 5.69 Å². The molecule has 0 spiro atoms. The van der Waals surface area contributed by atoms with Crippen molar-refractivity contribution in [2.75, 3.05) is 6.54 Å². The molecule has 2 heterocycles. The maximum absolute atomic E-state index is 5.57. The van der Waals surface area contributed by atoms with E-state index in [0.717, 1.165) is 23.5 Å². The third kappa shape index (κ3) is 1.84. The molecule has 2 rings (SSSR count). The Bertz CT molecular complexity index is 473. The molecule has 0 saturated carbocycles. The van der Waals surface area contributed by atoms with E-state index >= 15 is 0 Å². The molecule has 0 aliphatic rings. The van der Waals surface area contributed by atoms with Gasteiger partial charge in [0.25, 0.3) is 0 Å². The molecule has 0 aromatic carbocycles. The van der Waals surface area contributed by atoms with Crippen LogP contribution in [0.15, 0.2) is 24.5 Å². The Kier molecular flexibility index (Phi) is 3.01. The fraction of sp³-hybridized carbons (Fsp3) is 0.333. The minimum atomic E-state index is 0.633. The number of nitrogens with two attached hydrogens (primary N) is 1. The van der Waals surface area contributed by atoms with E-state index in [9.17, 15) is 0 Å². The summed E-state index contributed by atoms with van der Waals surface area (Å²) in [6.45, 7) is 2.70. The van der Waals surface area contributed by atoms with Crippen LogP contribution in [0.1, 0.15) is 11.4 Å². The van der Waals surface area contributed by atoms with E-state index in [2.05, 4.69) is 21.5 Å². The van der Waals surface area contributed by atoms with E-state index in [-0.39, 0.29) is 0 Å². The zero-order valence-electron chi connectivity index (χ0n) is 9.64. The molecule has 84 valence electrons. The average Bonchev–Trinajstić information content (AvgIpc) is 2.59. The van der Waals surface area contributed by atoms with Crippen LogP contribution in [-0.4, -0.2) is 21.1 Å². The zero-order chi connectivity index (χ0) is 11.5. The maximum Gasteiger partial charge on any atom is 0.140 e. The van der Waals surface area contributed by atoms with Gasteiger partial charge in [-0.1, -0.05) is 0 Å². The maximum atomic E-state index is 5.57. The molecule has 2 aromatic rings. The highest BCUT2D eigenvalue weighted by Crippen LogP contribution is 2.20. The lowest BCUT2D eigenvalue weighted by Crippen LogP contribution is -2.04. The van der Waals surface area contributed by atoms with Crippen LogP contribution in [0, 0.1) is 6.92 Å². The summed E-state index contributed by atoms with van der Waals surface area (Å²) in [6, 6.07) is 3.93. The number of rotatable bonds is 3. The van der Waals surface area contributed by atoms with Gasteiger partial charge in [-0.15, -0.1) is 0 Å². The first-order valence-electron chi connectivity index (χ1n) is 5.36. The standard InChI is InChI=1S/C12H16N4/c1-9-11(3-6-13)15-12(16(9)2)10-4-7-14-8-5-10/h4-5,7-8H,3,6,13H2,1-2H3. The van der Waals surface area contributed by atoms with E-state index in [1.165, 1.54) is 5.69 Å². The van der Waals surface area contributed by atoms with Crippen LogP contribution in [0.4, 0.5) is 0 Å². The molecule has 0 atom stereocenters. The van der Waals surface area contributed by atoms with E-state index < -0.39 is 0 Å². The van der Waals surface area contributed by atoms with Gasteiger partial charge in [0.2, 0.25) is 0 Å². The Labute approximate surface area is 95.1 Å². The van der Waals surface area contributed by atoms with Crippen LogP contribution < -0.4 is 5.73 Å². The number of nitrogens with zero attached hydrogens (tertiary/aromatic N) is 3. The molecule has 16 heavy (non-hydrogen) atoms. The summed E-state index contributed by atoms with van der Waals surface area (Å²) >= 11 is 0. The predicted octanol–water partition coefficient (Wildman–Crippen LogP) is 1.29. The molecule has 0 saturated heterocycles. The minimum Gasteiger partial charge on any atom is -0.331 e. The first kappa shape index (κ1) is 10.8. The third-order valence-electron chi connectivity index (χ3n) is 2.80. The van der Waals surface area contributed by atoms with Gasteiger partial charge in [-0.25, -0.2) is 4.98 Å². The molecule has 0 unspecified atom stereocenters. The normalized spacial score (nSPS) is 10.7. The molecular weight excluding hydrogens is 200 g/mol. The van der Waals surface area contributed by atoms with Gasteiger partial charge in [-0.3, -0.25) is 4.98 Å². The summed E-state index contributed by atoms with van der Waals surface area (Å²) in [4.78, 5) is 8.63. The first-order chi connectivity index (χ1) is 7.74. The second-order valence-electron chi connectivity index (χ2n) is 3.80. The van der Waals surface area contributed by atoms with Crippen molar-refractivity contribution in [3.05, 3.63) is 35.9 Å². The highest BCUT2D eigenvalue weighted by molar-refractivity contribution is 5.55. The minimum absolute atomic E-state index is 0.633. The highest BCUT2D eigenvalue weighted by Gasteiger charge is 2.11. The molecule has 0 amide bonds. The van der Waals surface area contributed by atoms with E-state index in [0.29, 0.717) is 6.54 Å². The Morgan fingerprint density at radius 2 is 2.00 bits per heavy atom. The summed E-state index contributed by atoms with van der Waals surface area (Å²) in [6.07, 6.45) is 4.38. The van der Waals surface area contributed by atoms with Crippen LogP contribution in [0.5, 0.6) is 0 Å². The molecular formula is C12H16N4. The number of imidazole rings is 1. The number of hydrogen-bond donors (Lipinski definition) is 1. The molecule has 0 fully saturated rings. The van der Waals surface area contributed by atoms with Crippen molar-refractivity contribution in [3.63, 3.8) is 0 Å². The van der Waals surface area contributed by atoms with E-state index in [4.69, 9.17) is 5.73 Å². The van der Waals surface area contributed by atoms with Crippen LogP contribution in [0.3, 0.4) is 0 Å². The smallest absolute Gasteiger partial charge is 0.140 e. The molecule has 0 bridgehead atoms. The largest absolute Gasteiger partial charge is 0.331 e. The van der Waals surface area contributed by atoms with Gasteiger partial charge in [0.1, 0.15) is 5.82 Å². The zero-order valence-corrected chi connectivity index (χ0v) is 9.64. The quantitative estimate of drug-likeness (QED) is 0.841. The lowest BCUT2D eigenvalue weighted by atomic mass is 10.2. The Morgan fingerprint density at radius 3 is 2.62 bits per heavy atom. The van der Waals surface area contributed by atoms with Crippen molar-refractivity contribution in [3.8, 4) is 11.4 Å². The number of hydrogen-bond acceptors (Lipinski definition) is 3. The first-order valence-corrected chi connectivity index (χ1v) is 5.36. The molecule has 0 aliphatic carbocycles. The molecule has 2 N–H and O–H groups in total. The van der Waals surface area contributed by atoms with Gasteiger partial charge in [0.15, 0.2) is 0 Å². The fourth-order valence-corrected chi connectivity index (χ4v) is 1.77. The average molecular weight is 216 g/mol. The van der Waals surface area contributed by atoms with Crippen molar-refractivity contribution in [2.24, 2.45) is 12.8 Å². The van der Waals surface area contributed by atoms with Crippen molar-refractivity contribution < 1.29 is 0 Å². The molecule has 2 aromatic heterocycles. The van der Waals surface area contributed by atoms with Crippen molar-refractivity contribution in [1.82, 2.24) is 14.5 Å². The van der Waals surface area contributed by atoms with Crippen LogP contribution in [-0.2, 0) is 13.5 Å². The van der Waals surface area contributed by atoms with Crippen LogP contribution in [0.2, 0.25) is 0 Å². The van der Waals surface area contributed by atoms with Gasteiger partial charge < -0.3 is 10.3 Å². The second-order valence-corrected chi connectivity index (χ2v) is 3.80. The van der Waals surface area contributed by atoms with Gasteiger partial charge in [0, 0.05) is 37.1 Å². The fourth-order valence-electron chi connectivity index (χ4n) is 1.77. The van der Waals surface area contributed by atoms with Gasteiger partial charge in [-0.05, 0) is 25.6 Å². The lowest BCUT2D eigenvalue weighted by Gasteiger charge is -2.02. The second kappa shape index (κ2) is 4.45. The summed E-state index contributed by atoms with van der Waals surface area (Å²) in [5.41, 5.74) is 8.91. The van der Waals surface area contributed by atoms with Crippen molar-refractivity contribution in [1.29, 1.82) is 0 Å². The SMILES string of the molecule is Cc1c(CCN)nc(-c2ccncc2)n1C. The van der Waals surface area contributed by atoms with Crippen molar-refractivity contribution in [2.45, 2.75) is 13.3 Å². The Balaban J connectivity index is 2.46.